The summed E-state index contributed by atoms with van der Waals surface area (Å²) in [5.41, 5.74) is 0.946. The minimum absolute atomic E-state index is 0.0465. The highest BCUT2D eigenvalue weighted by molar-refractivity contribution is 5.93. The Morgan fingerprint density at radius 2 is 1.77 bits per heavy atom. The van der Waals surface area contributed by atoms with E-state index < -0.39 is 0 Å². The Balaban J connectivity index is 2.80. The van der Waals surface area contributed by atoms with Crippen molar-refractivity contribution in [1.82, 2.24) is 0 Å². The SMILES string of the molecule is CC(C)C(=O)N(C)c1ccccc1. The molecule has 1 aromatic carbocycles. The molecular formula is C11H15NO. The fourth-order valence-corrected chi connectivity index (χ4v) is 1.17. The number of carbonyl (C=O) groups excluding carboxylic acids is 1. The van der Waals surface area contributed by atoms with Crippen LogP contribution in [-0.2, 0) is 4.79 Å². The van der Waals surface area contributed by atoms with Crippen LogP contribution in [0.3, 0.4) is 0 Å². The zero-order valence-corrected chi connectivity index (χ0v) is 8.32. The summed E-state index contributed by atoms with van der Waals surface area (Å²) in [7, 11) is 1.80. The number of amides is 1. The van der Waals surface area contributed by atoms with Crippen LogP contribution in [0.1, 0.15) is 13.8 Å². The third kappa shape index (κ3) is 2.31. The first-order valence-corrected chi connectivity index (χ1v) is 4.45. The van der Waals surface area contributed by atoms with Crippen LogP contribution in [-0.4, -0.2) is 13.0 Å². The van der Waals surface area contributed by atoms with Crippen molar-refractivity contribution in [2.45, 2.75) is 13.8 Å². The predicted molar refractivity (Wildman–Crippen MR) is 54.7 cm³/mol. The van der Waals surface area contributed by atoms with Crippen LogP contribution in [0.25, 0.3) is 0 Å². The van der Waals surface area contributed by atoms with Gasteiger partial charge in [-0.05, 0) is 12.1 Å². The van der Waals surface area contributed by atoms with E-state index in [0.717, 1.165) is 5.69 Å². The van der Waals surface area contributed by atoms with Gasteiger partial charge in [-0.1, -0.05) is 32.0 Å². The van der Waals surface area contributed by atoms with Crippen molar-refractivity contribution in [3.05, 3.63) is 30.3 Å². The van der Waals surface area contributed by atoms with Crippen LogP contribution in [0.4, 0.5) is 5.69 Å². The molecular weight excluding hydrogens is 162 g/mol. The van der Waals surface area contributed by atoms with Gasteiger partial charge in [0.05, 0.1) is 0 Å². The Hall–Kier alpha value is -1.31. The molecule has 2 nitrogen and oxygen atoms in total. The molecule has 2 heteroatoms. The van der Waals surface area contributed by atoms with E-state index in [1.54, 1.807) is 11.9 Å². The average molecular weight is 177 g/mol. The van der Waals surface area contributed by atoms with Crippen molar-refractivity contribution < 1.29 is 4.79 Å². The molecule has 0 saturated heterocycles. The fourth-order valence-electron chi connectivity index (χ4n) is 1.17. The molecule has 0 heterocycles. The Bertz CT molecular complexity index is 279. The van der Waals surface area contributed by atoms with Crippen LogP contribution in [0.2, 0.25) is 0 Å². The molecule has 0 fully saturated rings. The topological polar surface area (TPSA) is 20.3 Å². The van der Waals surface area contributed by atoms with Gasteiger partial charge in [-0.3, -0.25) is 4.79 Å². The van der Waals surface area contributed by atoms with Gasteiger partial charge in [0.15, 0.2) is 0 Å². The van der Waals surface area contributed by atoms with Crippen LogP contribution < -0.4 is 4.90 Å². The molecule has 13 heavy (non-hydrogen) atoms. The Morgan fingerprint density at radius 1 is 1.23 bits per heavy atom. The molecule has 0 aliphatic heterocycles. The van der Waals surface area contributed by atoms with Crippen LogP contribution in [0.15, 0.2) is 30.3 Å². The maximum atomic E-state index is 11.6. The van der Waals surface area contributed by atoms with Gasteiger partial charge in [0.1, 0.15) is 0 Å². The highest BCUT2D eigenvalue weighted by Gasteiger charge is 2.13. The van der Waals surface area contributed by atoms with Gasteiger partial charge in [0.25, 0.3) is 0 Å². The minimum atomic E-state index is 0.0465. The quantitative estimate of drug-likeness (QED) is 0.678. The second-order valence-electron chi connectivity index (χ2n) is 3.39. The summed E-state index contributed by atoms with van der Waals surface area (Å²) in [5.74, 6) is 0.191. The first kappa shape index (κ1) is 9.78. The van der Waals surface area contributed by atoms with E-state index in [9.17, 15) is 4.79 Å². The van der Waals surface area contributed by atoms with Crippen molar-refractivity contribution in [1.29, 1.82) is 0 Å². The summed E-state index contributed by atoms with van der Waals surface area (Å²) in [6, 6.07) is 9.66. The van der Waals surface area contributed by atoms with Crippen molar-refractivity contribution in [3.63, 3.8) is 0 Å². The van der Waals surface area contributed by atoms with Crippen molar-refractivity contribution in [2.24, 2.45) is 5.92 Å². The fraction of sp³-hybridized carbons (Fsp3) is 0.364. The molecule has 1 aromatic rings. The van der Waals surface area contributed by atoms with Crippen LogP contribution in [0, 0.1) is 5.92 Å². The molecule has 0 bridgehead atoms. The van der Waals surface area contributed by atoms with Gasteiger partial charge >= 0.3 is 0 Å². The number of carbonyl (C=O) groups is 1. The van der Waals surface area contributed by atoms with Gasteiger partial charge in [0.2, 0.25) is 5.91 Å². The zero-order chi connectivity index (χ0) is 9.84. The number of nitrogens with zero attached hydrogens (tertiary/aromatic N) is 1. The molecule has 1 rings (SSSR count). The normalized spacial score (nSPS) is 10.2. The maximum Gasteiger partial charge on any atom is 0.229 e. The number of hydrogen-bond donors (Lipinski definition) is 0. The molecule has 0 unspecified atom stereocenters. The van der Waals surface area contributed by atoms with Crippen LogP contribution >= 0.6 is 0 Å². The number of hydrogen-bond acceptors (Lipinski definition) is 1. The number of anilines is 1. The molecule has 0 spiro atoms. The lowest BCUT2D eigenvalue weighted by atomic mass is 10.2. The van der Waals surface area contributed by atoms with Gasteiger partial charge in [-0.15, -0.1) is 0 Å². The molecule has 1 amide bonds. The van der Waals surface area contributed by atoms with Crippen molar-refractivity contribution in [3.8, 4) is 0 Å². The third-order valence-corrected chi connectivity index (χ3v) is 1.97. The molecule has 0 aromatic heterocycles. The molecule has 0 saturated carbocycles. The minimum Gasteiger partial charge on any atom is -0.315 e. The average Bonchev–Trinajstić information content (AvgIpc) is 2.17. The number of benzene rings is 1. The van der Waals surface area contributed by atoms with Gasteiger partial charge in [-0.25, -0.2) is 0 Å². The summed E-state index contributed by atoms with van der Waals surface area (Å²) in [4.78, 5) is 13.3. The molecule has 0 N–H and O–H groups in total. The third-order valence-electron chi connectivity index (χ3n) is 1.97. The zero-order valence-electron chi connectivity index (χ0n) is 8.32. The predicted octanol–water partition coefficient (Wildman–Crippen LogP) is 2.31. The summed E-state index contributed by atoms with van der Waals surface area (Å²) in [5, 5.41) is 0. The molecule has 0 atom stereocenters. The molecule has 0 radical (unpaired) electrons. The van der Waals surface area contributed by atoms with Gasteiger partial charge in [0, 0.05) is 18.7 Å². The van der Waals surface area contributed by atoms with Crippen LogP contribution in [0.5, 0.6) is 0 Å². The van der Waals surface area contributed by atoms with E-state index in [4.69, 9.17) is 0 Å². The Labute approximate surface area is 79.2 Å². The maximum absolute atomic E-state index is 11.6. The summed E-state index contributed by atoms with van der Waals surface area (Å²) >= 11 is 0. The van der Waals surface area contributed by atoms with Crippen molar-refractivity contribution in [2.75, 3.05) is 11.9 Å². The van der Waals surface area contributed by atoms with E-state index in [0.29, 0.717) is 0 Å². The van der Waals surface area contributed by atoms with E-state index in [1.165, 1.54) is 0 Å². The smallest absolute Gasteiger partial charge is 0.229 e. The molecule has 0 aliphatic carbocycles. The van der Waals surface area contributed by atoms with E-state index in [1.807, 2.05) is 44.2 Å². The largest absolute Gasteiger partial charge is 0.315 e. The standard InChI is InChI=1S/C11H15NO/c1-9(2)11(13)12(3)10-7-5-4-6-8-10/h4-9H,1-3H3. The first-order valence-electron chi connectivity index (χ1n) is 4.45. The van der Waals surface area contributed by atoms with E-state index in [-0.39, 0.29) is 11.8 Å². The summed E-state index contributed by atoms with van der Waals surface area (Å²) in [6.45, 7) is 3.81. The summed E-state index contributed by atoms with van der Waals surface area (Å²) < 4.78 is 0. The molecule has 0 aliphatic rings. The second-order valence-corrected chi connectivity index (χ2v) is 3.39. The second kappa shape index (κ2) is 4.08. The Kier molecular flexibility index (Phi) is 3.07. The Morgan fingerprint density at radius 3 is 2.23 bits per heavy atom. The van der Waals surface area contributed by atoms with Gasteiger partial charge < -0.3 is 4.90 Å². The number of para-hydroxylation sites is 1. The lowest BCUT2D eigenvalue weighted by Gasteiger charge is -2.19. The lowest BCUT2D eigenvalue weighted by molar-refractivity contribution is -0.121. The number of rotatable bonds is 2. The highest BCUT2D eigenvalue weighted by Crippen LogP contribution is 2.13. The summed E-state index contributed by atoms with van der Waals surface area (Å²) in [6.07, 6.45) is 0. The molecule has 70 valence electrons. The first-order chi connectivity index (χ1) is 6.13. The van der Waals surface area contributed by atoms with Gasteiger partial charge in [-0.2, -0.15) is 0 Å². The van der Waals surface area contributed by atoms with Crippen molar-refractivity contribution >= 4 is 11.6 Å². The highest BCUT2D eigenvalue weighted by atomic mass is 16.2. The lowest BCUT2D eigenvalue weighted by Crippen LogP contribution is -2.30. The van der Waals surface area contributed by atoms with E-state index >= 15 is 0 Å². The van der Waals surface area contributed by atoms with E-state index in [2.05, 4.69) is 0 Å². The monoisotopic (exact) mass is 177 g/mol.